The van der Waals surface area contributed by atoms with Crippen LogP contribution in [0.3, 0.4) is 0 Å². The van der Waals surface area contributed by atoms with Crippen LogP contribution in [0.25, 0.3) is 5.70 Å². The number of hydrazine groups is 1. The molecule has 1 aliphatic heterocycles. The normalized spacial score (nSPS) is 16.1. The Balaban J connectivity index is 1.70. The Labute approximate surface area is 167 Å². The molecule has 4 rings (SSSR count). The maximum Gasteiger partial charge on any atom is 0.118 e. The van der Waals surface area contributed by atoms with Crippen molar-refractivity contribution in [3.05, 3.63) is 102 Å². The molecule has 1 aliphatic rings. The number of methoxy groups -OCH3 is 1. The van der Waals surface area contributed by atoms with Crippen molar-refractivity contribution in [3.8, 4) is 5.75 Å². The second kappa shape index (κ2) is 7.81. The Morgan fingerprint density at radius 1 is 0.857 bits per heavy atom. The van der Waals surface area contributed by atoms with Crippen LogP contribution in [0.2, 0.25) is 0 Å². The minimum atomic E-state index is 0.126. The highest BCUT2D eigenvalue weighted by Crippen LogP contribution is 2.35. The van der Waals surface area contributed by atoms with Gasteiger partial charge in [-0.3, -0.25) is 10.4 Å². The van der Waals surface area contributed by atoms with Crippen LogP contribution in [-0.4, -0.2) is 7.11 Å². The van der Waals surface area contributed by atoms with Crippen LogP contribution in [0.5, 0.6) is 5.75 Å². The van der Waals surface area contributed by atoms with Crippen LogP contribution in [0.15, 0.2) is 84.9 Å². The van der Waals surface area contributed by atoms with Crippen LogP contribution in [0.1, 0.15) is 42.5 Å². The molecular formula is C25H26N2O. The van der Waals surface area contributed by atoms with Gasteiger partial charge in [-0.1, -0.05) is 56.3 Å². The van der Waals surface area contributed by atoms with E-state index < -0.39 is 0 Å². The SMILES string of the molecule is COc1ccc(C2=CC(c3ccc(C(C)C)cc3)N(c3ccccc3)N2)cc1. The van der Waals surface area contributed by atoms with Gasteiger partial charge in [-0.05, 0) is 65.1 Å². The highest BCUT2D eigenvalue weighted by atomic mass is 16.5. The molecule has 0 aliphatic carbocycles. The first-order chi connectivity index (χ1) is 13.7. The third-order valence-electron chi connectivity index (χ3n) is 5.22. The average molecular weight is 370 g/mol. The molecule has 3 heteroatoms. The van der Waals surface area contributed by atoms with Crippen molar-refractivity contribution in [2.45, 2.75) is 25.8 Å². The Morgan fingerprint density at radius 2 is 1.54 bits per heavy atom. The van der Waals surface area contributed by atoms with Crippen molar-refractivity contribution in [2.75, 3.05) is 12.1 Å². The molecule has 142 valence electrons. The van der Waals surface area contributed by atoms with Gasteiger partial charge >= 0.3 is 0 Å². The standard InChI is InChI=1S/C25H26N2O/c1-18(2)19-9-11-21(12-10-19)25-17-24(20-13-15-23(28-3)16-14-20)26-27(25)22-7-5-4-6-8-22/h4-18,25-26H,1-3H3. The summed E-state index contributed by atoms with van der Waals surface area (Å²) in [5.74, 6) is 1.40. The smallest absolute Gasteiger partial charge is 0.118 e. The minimum absolute atomic E-state index is 0.126. The molecule has 1 heterocycles. The molecule has 1 N–H and O–H groups in total. The van der Waals surface area contributed by atoms with Crippen molar-refractivity contribution in [1.82, 2.24) is 5.43 Å². The van der Waals surface area contributed by atoms with Crippen LogP contribution in [-0.2, 0) is 0 Å². The molecule has 3 aromatic carbocycles. The van der Waals surface area contributed by atoms with E-state index in [2.05, 4.69) is 91.0 Å². The fraction of sp³-hybridized carbons (Fsp3) is 0.200. The topological polar surface area (TPSA) is 24.5 Å². The first-order valence-corrected chi connectivity index (χ1v) is 9.73. The third kappa shape index (κ3) is 3.61. The largest absolute Gasteiger partial charge is 0.497 e. The number of para-hydroxylation sites is 1. The Kier molecular flexibility index (Phi) is 5.07. The number of hydrogen-bond donors (Lipinski definition) is 1. The number of nitrogens with one attached hydrogen (secondary N) is 1. The van der Waals surface area contributed by atoms with Gasteiger partial charge in [-0.2, -0.15) is 0 Å². The monoisotopic (exact) mass is 370 g/mol. The Hall–Kier alpha value is -3.20. The summed E-state index contributed by atoms with van der Waals surface area (Å²) in [4.78, 5) is 0. The second-order valence-electron chi connectivity index (χ2n) is 7.39. The Bertz CT molecular complexity index is 944. The number of anilines is 1. The lowest BCUT2D eigenvalue weighted by atomic mass is 9.98. The van der Waals surface area contributed by atoms with E-state index in [9.17, 15) is 0 Å². The van der Waals surface area contributed by atoms with Crippen LogP contribution in [0, 0.1) is 0 Å². The van der Waals surface area contributed by atoms with E-state index in [1.165, 1.54) is 11.1 Å². The van der Waals surface area contributed by atoms with Gasteiger partial charge < -0.3 is 4.74 Å². The van der Waals surface area contributed by atoms with Crippen LogP contribution < -0.4 is 15.2 Å². The molecule has 0 saturated heterocycles. The van der Waals surface area contributed by atoms with Crippen molar-refractivity contribution >= 4 is 11.4 Å². The predicted octanol–water partition coefficient (Wildman–Crippen LogP) is 5.93. The summed E-state index contributed by atoms with van der Waals surface area (Å²) in [6.07, 6.45) is 2.29. The molecule has 0 bridgehead atoms. The van der Waals surface area contributed by atoms with E-state index in [4.69, 9.17) is 4.74 Å². The van der Waals surface area contributed by atoms with Crippen molar-refractivity contribution < 1.29 is 4.74 Å². The van der Waals surface area contributed by atoms with E-state index in [1.54, 1.807) is 7.11 Å². The highest BCUT2D eigenvalue weighted by Gasteiger charge is 2.27. The highest BCUT2D eigenvalue weighted by molar-refractivity contribution is 5.72. The van der Waals surface area contributed by atoms with E-state index in [-0.39, 0.29) is 6.04 Å². The fourth-order valence-electron chi connectivity index (χ4n) is 3.54. The summed E-state index contributed by atoms with van der Waals surface area (Å²) in [7, 11) is 1.69. The zero-order valence-electron chi connectivity index (χ0n) is 16.6. The van der Waals surface area contributed by atoms with Gasteiger partial charge in [0.2, 0.25) is 0 Å². The summed E-state index contributed by atoms with van der Waals surface area (Å²) < 4.78 is 5.29. The van der Waals surface area contributed by atoms with Gasteiger partial charge in [0.25, 0.3) is 0 Å². The quantitative estimate of drug-likeness (QED) is 0.603. The molecule has 3 aromatic rings. The van der Waals surface area contributed by atoms with E-state index in [1.807, 2.05) is 18.2 Å². The summed E-state index contributed by atoms with van der Waals surface area (Å²) in [6.45, 7) is 4.45. The zero-order valence-corrected chi connectivity index (χ0v) is 16.6. The third-order valence-corrected chi connectivity index (χ3v) is 5.22. The molecule has 0 radical (unpaired) electrons. The maximum atomic E-state index is 5.29. The molecule has 28 heavy (non-hydrogen) atoms. The lowest BCUT2D eigenvalue weighted by Crippen LogP contribution is -2.33. The van der Waals surface area contributed by atoms with Gasteiger partial charge in [0.1, 0.15) is 5.75 Å². The molecule has 0 amide bonds. The average Bonchev–Trinajstić information content (AvgIpc) is 3.20. The number of rotatable bonds is 5. The first kappa shape index (κ1) is 18.2. The first-order valence-electron chi connectivity index (χ1n) is 9.73. The van der Waals surface area contributed by atoms with Crippen molar-refractivity contribution in [2.24, 2.45) is 0 Å². The van der Waals surface area contributed by atoms with Gasteiger partial charge in [0.05, 0.1) is 24.5 Å². The Morgan fingerprint density at radius 3 is 2.14 bits per heavy atom. The molecule has 0 spiro atoms. The molecule has 0 fully saturated rings. The molecule has 3 nitrogen and oxygen atoms in total. The molecule has 1 atom stereocenters. The number of ether oxygens (including phenoxy) is 1. The number of hydrogen-bond acceptors (Lipinski definition) is 3. The van der Waals surface area contributed by atoms with Crippen molar-refractivity contribution in [3.63, 3.8) is 0 Å². The van der Waals surface area contributed by atoms with E-state index in [0.29, 0.717) is 5.92 Å². The fourth-order valence-corrected chi connectivity index (χ4v) is 3.54. The summed E-state index contributed by atoms with van der Waals surface area (Å²) in [5, 5.41) is 2.23. The van der Waals surface area contributed by atoms with Gasteiger partial charge in [-0.25, -0.2) is 0 Å². The minimum Gasteiger partial charge on any atom is -0.497 e. The van der Waals surface area contributed by atoms with Crippen molar-refractivity contribution in [1.29, 1.82) is 0 Å². The summed E-state index contributed by atoms with van der Waals surface area (Å²) in [6, 6.07) is 27.7. The number of benzene rings is 3. The zero-order chi connectivity index (χ0) is 19.5. The van der Waals surface area contributed by atoms with Crippen LogP contribution >= 0.6 is 0 Å². The molecule has 0 aromatic heterocycles. The molecule has 1 unspecified atom stereocenters. The van der Waals surface area contributed by atoms with Gasteiger partial charge in [0, 0.05) is 0 Å². The van der Waals surface area contributed by atoms with Crippen LogP contribution in [0.4, 0.5) is 5.69 Å². The lowest BCUT2D eigenvalue weighted by molar-refractivity contribution is 0.415. The summed E-state index contributed by atoms with van der Waals surface area (Å²) in [5.41, 5.74) is 9.61. The van der Waals surface area contributed by atoms with E-state index in [0.717, 1.165) is 22.7 Å². The van der Waals surface area contributed by atoms with Gasteiger partial charge in [0.15, 0.2) is 0 Å². The van der Waals surface area contributed by atoms with Gasteiger partial charge in [-0.15, -0.1) is 0 Å². The maximum absolute atomic E-state index is 5.29. The molecular weight excluding hydrogens is 344 g/mol. The lowest BCUT2D eigenvalue weighted by Gasteiger charge is -2.28. The van der Waals surface area contributed by atoms with E-state index >= 15 is 0 Å². The second-order valence-corrected chi connectivity index (χ2v) is 7.39. The molecule has 0 saturated carbocycles. The summed E-state index contributed by atoms with van der Waals surface area (Å²) >= 11 is 0. The predicted molar refractivity (Wildman–Crippen MR) is 116 cm³/mol. The number of nitrogens with zero attached hydrogens (tertiary/aromatic N) is 1.